The van der Waals surface area contributed by atoms with Gasteiger partial charge in [0, 0.05) is 7.05 Å². The summed E-state index contributed by atoms with van der Waals surface area (Å²) in [5.74, 6) is 2.24. The van der Waals surface area contributed by atoms with E-state index in [0.717, 1.165) is 11.5 Å². The van der Waals surface area contributed by atoms with Crippen LogP contribution < -0.4 is 0 Å². The predicted molar refractivity (Wildman–Crippen MR) is 80.1 cm³/mol. The molecule has 1 aliphatic heterocycles. The molecule has 1 aliphatic rings. The van der Waals surface area contributed by atoms with Crippen molar-refractivity contribution in [2.45, 2.75) is 19.5 Å². The molecule has 1 saturated heterocycles. The third kappa shape index (κ3) is 3.05. The van der Waals surface area contributed by atoms with E-state index in [4.69, 9.17) is 11.8 Å². The maximum absolute atomic E-state index is 12.0. The second-order valence-corrected chi connectivity index (χ2v) is 16.9. The summed E-state index contributed by atoms with van der Waals surface area (Å²) in [4.78, 5) is 12.0. The third-order valence-electron chi connectivity index (χ3n) is 2.20. The Labute approximate surface area is 113 Å². The molecule has 0 aromatic carbocycles. The quantitative estimate of drug-likeness (QED) is 0.727. The fourth-order valence-corrected chi connectivity index (χ4v) is 15.6. The van der Waals surface area contributed by atoms with Crippen molar-refractivity contribution in [3.8, 4) is 0 Å². The number of carbonyl (C=O) groups is 1. The zero-order chi connectivity index (χ0) is 12.3. The van der Waals surface area contributed by atoms with Gasteiger partial charge < -0.3 is 0 Å². The van der Waals surface area contributed by atoms with Gasteiger partial charge in [0.05, 0.1) is 15.9 Å². The fourth-order valence-electron chi connectivity index (χ4n) is 1.43. The van der Waals surface area contributed by atoms with Crippen LogP contribution in [0.5, 0.6) is 0 Å². The van der Waals surface area contributed by atoms with Gasteiger partial charge in [0.25, 0.3) is 0 Å². The van der Waals surface area contributed by atoms with Gasteiger partial charge in [-0.05, 0) is 11.5 Å². The molecule has 8 heteroatoms. The van der Waals surface area contributed by atoms with Gasteiger partial charge in [0.15, 0.2) is 0 Å². The maximum Gasteiger partial charge on any atom is 0.244 e. The van der Waals surface area contributed by atoms with Gasteiger partial charge in [-0.25, -0.2) is 4.21 Å². The van der Waals surface area contributed by atoms with Gasteiger partial charge in [0.2, 0.25) is 5.91 Å². The third-order valence-corrected chi connectivity index (χ3v) is 16.1. The van der Waals surface area contributed by atoms with Crippen molar-refractivity contribution in [3.63, 3.8) is 0 Å². The second-order valence-electron chi connectivity index (χ2n) is 3.22. The Balaban J connectivity index is 2.92. The summed E-state index contributed by atoms with van der Waals surface area (Å²) in [6.45, 7) is 4.12. The first-order valence-electron chi connectivity index (χ1n) is 5.01. The second kappa shape index (κ2) is 6.23. The van der Waals surface area contributed by atoms with Gasteiger partial charge in [0.1, 0.15) is 11.0 Å². The number of hydrogen-bond donors (Lipinski definition) is 0. The summed E-state index contributed by atoms with van der Waals surface area (Å²) in [5.41, 5.74) is -0.191. The van der Waals surface area contributed by atoms with E-state index in [2.05, 4.69) is 13.8 Å². The summed E-state index contributed by atoms with van der Waals surface area (Å²) >= 11 is 9.13. The SMILES string of the molecule is CCSP(=S)(SCC)C1CS(=O)N(C)C1=O. The van der Waals surface area contributed by atoms with Crippen molar-refractivity contribution in [2.75, 3.05) is 24.3 Å². The highest BCUT2D eigenvalue weighted by molar-refractivity contribution is 9.00. The number of hydrogen-bond acceptors (Lipinski definition) is 5. The lowest BCUT2D eigenvalue weighted by Crippen LogP contribution is -2.25. The molecule has 0 aromatic heterocycles. The van der Waals surface area contributed by atoms with E-state index in [0.29, 0.717) is 5.75 Å². The molecule has 94 valence electrons. The Kier molecular flexibility index (Phi) is 5.85. The Morgan fingerprint density at radius 1 is 1.50 bits per heavy atom. The number of carbonyl (C=O) groups excluding carboxylic acids is 1. The normalized spacial score (nSPS) is 26.4. The van der Waals surface area contributed by atoms with Crippen LogP contribution in [0, 0.1) is 0 Å². The molecule has 1 heterocycles. The monoisotopic (exact) mass is 317 g/mol. The van der Waals surface area contributed by atoms with Crippen LogP contribution in [0.1, 0.15) is 13.8 Å². The van der Waals surface area contributed by atoms with E-state index in [1.165, 1.54) is 4.31 Å². The van der Waals surface area contributed by atoms with Gasteiger partial charge in [-0.1, -0.05) is 25.7 Å². The predicted octanol–water partition coefficient (Wildman–Crippen LogP) is 2.31. The van der Waals surface area contributed by atoms with Crippen LogP contribution in [-0.2, 0) is 27.6 Å². The molecule has 0 radical (unpaired) electrons. The Morgan fingerprint density at radius 2 is 2.00 bits per heavy atom. The molecule has 0 spiro atoms. The molecular formula is C8H16NO2PS4. The molecule has 0 aromatic rings. The zero-order valence-corrected chi connectivity index (χ0v) is 13.7. The van der Waals surface area contributed by atoms with Crippen LogP contribution >= 0.6 is 27.2 Å². The average Bonchev–Trinajstić information content (AvgIpc) is 2.47. The summed E-state index contributed by atoms with van der Waals surface area (Å²) < 4.78 is 11.1. The highest BCUT2D eigenvalue weighted by Gasteiger charge is 2.44. The molecule has 2 unspecified atom stereocenters. The minimum absolute atomic E-state index is 0.0245. The summed E-state index contributed by atoms with van der Waals surface area (Å²) in [7, 11) is 0.439. The van der Waals surface area contributed by atoms with E-state index < -0.39 is 15.4 Å². The van der Waals surface area contributed by atoms with Crippen molar-refractivity contribution in [2.24, 2.45) is 0 Å². The highest BCUT2D eigenvalue weighted by atomic mass is 33.2. The smallest absolute Gasteiger partial charge is 0.244 e. The molecule has 0 saturated carbocycles. The van der Waals surface area contributed by atoms with Crippen LogP contribution in [0.4, 0.5) is 0 Å². The van der Waals surface area contributed by atoms with E-state index in [1.54, 1.807) is 29.8 Å². The summed E-state index contributed by atoms with van der Waals surface area (Å²) in [5, 5.41) is 0. The topological polar surface area (TPSA) is 37.4 Å². The Hall–Kier alpha value is 0.970. The molecule has 16 heavy (non-hydrogen) atoms. The lowest BCUT2D eigenvalue weighted by atomic mass is 10.4. The first kappa shape index (κ1) is 15.0. The molecular weight excluding hydrogens is 301 g/mol. The van der Waals surface area contributed by atoms with E-state index in [-0.39, 0.29) is 11.6 Å². The zero-order valence-electron chi connectivity index (χ0n) is 9.54. The van der Waals surface area contributed by atoms with Crippen molar-refractivity contribution in [3.05, 3.63) is 0 Å². The van der Waals surface area contributed by atoms with Crippen LogP contribution in [0.25, 0.3) is 0 Å². The summed E-state index contributed by atoms with van der Waals surface area (Å²) in [6, 6.07) is 0. The van der Waals surface area contributed by atoms with Crippen LogP contribution in [0.3, 0.4) is 0 Å². The lowest BCUT2D eigenvalue weighted by molar-refractivity contribution is -0.123. The van der Waals surface area contributed by atoms with Gasteiger partial charge >= 0.3 is 0 Å². The number of rotatable bonds is 5. The Morgan fingerprint density at radius 3 is 2.31 bits per heavy atom. The van der Waals surface area contributed by atoms with Gasteiger partial charge in [-0.3, -0.25) is 9.10 Å². The van der Waals surface area contributed by atoms with Crippen molar-refractivity contribution in [1.29, 1.82) is 0 Å². The van der Waals surface area contributed by atoms with Crippen molar-refractivity contribution < 1.29 is 9.00 Å². The lowest BCUT2D eigenvalue weighted by Gasteiger charge is -2.23. The van der Waals surface area contributed by atoms with Crippen molar-refractivity contribution in [1.82, 2.24) is 4.31 Å². The van der Waals surface area contributed by atoms with E-state index in [9.17, 15) is 9.00 Å². The van der Waals surface area contributed by atoms with Gasteiger partial charge in [-0.2, -0.15) is 0 Å². The summed E-state index contributed by atoms with van der Waals surface area (Å²) in [6.07, 6.45) is 0. The first-order chi connectivity index (χ1) is 7.46. The van der Waals surface area contributed by atoms with Crippen LogP contribution in [-0.4, -0.2) is 44.4 Å². The fraction of sp³-hybridized carbons (Fsp3) is 0.875. The largest absolute Gasteiger partial charge is 0.273 e. The van der Waals surface area contributed by atoms with E-state index in [1.807, 2.05) is 0 Å². The van der Waals surface area contributed by atoms with Crippen molar-refractivity contribution >= 4 is 55.9 Å². The van der Waals surface area contributed by atoms with Gasteiger partial charge in [-0.15, -0.1) is 22.8 Å². The highest BCUT2D eigenvalue weighted by Crippen LogP contribution is 2.73. The molecule has 3 nitrogen and oxygen atoms in total. The molecule has 0 N–H and O–H groups in total. The molecule has 1 fully saturated rings. The number of nitrogens with zero attached hydrogens (tertiary/aromatic N) is 1. The molecule has 1 rings (SSSR count). The Bertz CT molecular complexity index is 339. The molecule has 2 atom stereocenters. The molecule has 0 aliphatic carbocycles. The van der Waals surface area contributed by atoms with Crippen LogP contribution in [0.2, 0.25) is 0 Å². The maximum atomic E-state index is 12.0. The first-order valence-corrected chi connectivity index (χ1v) is 12.3. The average molecular weight is 317 g/mol. The standard InChI is InChI=1S/C8H16NO2PS4/c1-4-14-12(13,15-5-2)7-6-16(11)9(3)8(7)10/h7H,4-6H2,1-3H3. The van der Waals surface area contributed by atoms with Crippen LogP contribution in [0.15, 0.2) is 0 Å². The number of amides is 1. The minimum atomic E-state index is -1.82. The van der Waals surface area contributed by atoms with E-state index >= 15 is 0 Å². The molecule has 1 amide bonds. The minimum Gasteiger partial charge on any atom is -0.273 e. The molecule has 0 bridgehead atoms.